The Morgan fingerprint density at radius 2 is 0.408 bits per heavy atom. The van der Waals surface area contributed by atoms with E-state index in [1.54, 1.807) is 18.2 Å². The number of benzene rings is 9. The first-order chi connectivity index (χ1) is 33.2. The van der Waals surface area contributed by atoms with Crippen molar-refractivity contribution in [1.29, 1.82) is 0 Å². The summed E-state index contributed by atoms with van der Waals surface area (Å²) in [6.45, 7) is 0. The molecule has 0 heterocycles. The van der Waals surface area contributed by atoms with Crippen LogP contribution in [0.2, 0.25) is 0 Å². The standard InChI is InChI=1S/3C18H15O3PS.ClH.Rh/c3*19-23(20,21)18-13-7-12-17(14-18)22(15-8-3-1-4-9-15)16-10-5-2-6-11-16;;/h3*1-14H,(H,19,20,21);1H;. The van der Waals surface area contributed by atoms with Gasteiger partial charge in [-0.05, 0) is 108 Å². The van der Waals surface area contributed by atoms with Crippen molar-refractivity contribution >= 4 is 114 Å². The van der Waals surface area contributed by atoms with Crippen LogP contribution in [0.1, 0.15) is 4.28 Å². The molecule has 0 atom stereocenters. The zero-order valence-corrected chi connectivity index (χ0v) is 44.8. The molecule has 71 heavy (non-hydrogen) atoms. The zero-order valence-electron chi connectivity index (χ0n) is 40.2. The normalized spacial score (nSPS) is 11.2. The maximum atomic E-state index is 11.3. The molecule has 0 aliphatic carbocycles. The Balaban J connectivity index is 0.000000368. The van der Waals surface area contributed by atoms with Crippen molar-refractivity contribution in [2.75, 3.05) is 0 Å². The molecule has 0 aliphatic rings. The van der Waals surface area contributed by atoms with E-state index >= 15 is 0 Å². The van der Waals surface area contributed by atoms with Crippen LogP contribution < -0.4 is 47.7 Å². The van der Waals surface area contributed by atoms with E-state index in [0.717, 1.165) is 47.7 Å². The first-order valence-electron chi connectivity index (χ1n) is 21.1. The van der Waals surface area contributed by atoms with Crippen LogP contribution in [0.25, 0.3) is 0 Å². The van der Waals surface area contributed by atoms with Crippen molar-refractivity contribution in [3.8, 4) is 0 Å². The van der Waals surface area contributed by atoms with Crippen molar-refractivity contribution in [1.82, 2.24) is 0 Å². The van der Waals surface area contributed by atoms with Crippen molar-refractivity contribution in [3.05, 3.63) is 255 Å². The maximum Gasteiger partial charge on any atom is 1.00 e. The third kappa shape index (κ3) is 16.0. The summed E-state index contributed by atoms with van der Waals surface area (Å²) in [7, 11) is -16.1. The van der Waals surface area contributed by atoms with Crippen LogP contribution in [-0.2, 0) is 49.8 Å². The molecule has 17 heteroatoms. The molecule has 0 fully saturated rings. The van der Waals surface area contributed by atoms with Crippen molar-refractivity contribution in [2.45, 2.75) is 14.7 Å². The van der Waals surface area contributed by atoms with Crippen LogP contribution in [0.3, 0.4) is 0 Å². The van der Waals surface area contributed by atoms with E-state index in [-0.39, 0.29) is 50.9 Å². The molecule has 9 aromatic rings. The minimum atomic E-state index is -4.46. The summed E-state index contributed by atoms with van der Waals surface area (Å²) >= 11 is 0. The van der Waals surface area contributed by atoms with Crippen LogP contribution >= 0.6 is 36.2 Å². The Bertz CT molecular complexity index is 2960. The molecule has 0 aliphatic heterocycles. The second kappa shape index (κ2) is 26.6. The molecule has 1 radical (unpaired) electrons. The first kappa shape index (κ1) is 56.8. The molecule has 0 unspecified atom stereocenters. The quantitative estimate of drug-likeness (QED) is 0.0673. The van der Waals surface area contributed by atoms with Gasteiger partial charge in [0, 0.05) is 19.5 Å². The molecule has 9 nitrogen and oxygen atoms in total. The van der Waals surface area contributed by atoms with Crippen LogP contribution in [0.4, 0.5) is 0 Å². The number of halogens is 1. The van der Waals surface area contributed by atoms with Gasteiger partial charge in [-0.1, -0.05) is 218 Å². The minimum absolute atomic E-state index is 0. The monoisotopic (exact) mass is 1170 g/mol. The molecule has 0 saturated heterocycles. The largest absolute Gasteiger partial charge is 1.00 e. The predicted molar refractivity (Wildman–Crippen MR) is 290 cm³/mol. The fraction of sp³-hybridized carbons (Fsp3) is 0. The van der Waals surface area contributed by atoms with Gasteiger partial charge < -0.3 is 13.7 Å². The van der Waals surface area contributed by atoms with Crippen molar-refractivity contribution in [2.24, 2.45) is 0 Å². The Labute approximate surface area is 443 Å². The molecule has 0 bridgehead atoms. The molecule has 365 valence electrons. The van der Waals surface area contributed by atoms with Gasteiger partial charge in [-0.3, -0.25) is 0 Å². The summed E-state index contributed by atoms with van der Waals surface area (Å²) in [5.41, 5.74) is 0. The summed E-state index contributed by atoms with van der Waals surface area (Å²) in [6.07, 6.45) is 0. The van der Waals surface area contributed by atoms with Crippen molar-refractivity contribution < 1.29 is 62.7 Å². The SMILES string of the molecule is Cl.O=S(=O)([O-])c1cccc(P(c2ccccc2)c2ccccc2)c1.O=S(=O)([O-])c1cccc(P(c2ccccc2)c2ccccc2)c1.O=S(=O)([O-])c1cccc(P(c2ccccc2)c2ccccc2)c1.[H+].[H+].[H+].[Rh]. The average Bonchev–Trinajstić information content (AvgIpc) is 3.36. The summed E-state index contributed by atoms with van der Waals surface area (Å²) < 4.78 is 102. The average molecular weight is 1170 g/mol. The molecule has 9 rings (SSSR count). The Hall–Kier alpha value is -5.09. The van der Waals surface area contributed by atoms with Gasteiger partial charge >= 0.3 is 4.28 Å². The fourth-order valence-corrected chi connectivity index (χ4v) is 16.0. The molecular weight excluding hydrogens is 1120 g/mol. The van der Waals surface area contributed by atoms with E-state index in [1.807, 2.05) is 200 Å². The Morgan fingerprint density at radius 3 is 0.563 bits per heavy atom. The maximum absolute atomic E-state index is 11.3. The summed E-state index contributed by atoms with van der Waals surface area (Å²) in [5, 5.41) is 9.16. The van der Waals surface area contributed by atoms with Crippen LogP contribution in [0.5, 0.6) is 0 Å². The molecule has 0 N–H and O–H groups in total. The molecule has 0 saturated carbocycles. The third-order valence-electron chi connectivity index (χ3n) is 10.2. The van der Waals surface area contributed by atoms with E-state index in [4.69, 9.17) is 0 Å². The van der Waals surface area contributed by atoms with Gasteiger partial charge in [-0.15, -0.1) is 12.4 Å². The van der Waals surface area contributed by atoms with Crippen LogP contribution in [0, 0.1) is 0 Å². The van der Waals surface area contributed by atoms with Gasteiger partial charge in [-0.2, -0.15) is 0 Å². The fourth-order valence-electron chi connectivity index (χ4n) is 7.14. The summed E-state index contributed by atoms with van der Waals surface area (Å²) in [6, 6.07) is 78.5. The molecule has 0 spiro atoms. The van der Waals surface area contributed by atoms with E-state index < -0.39 is 54.1 Å². The smallest absolute Gasteiger partial charge is 0.744 e. The molecule has 0 amide bonds. The van der Waals surface area contributed by atoms with Crippen LogP contribution in [0.15, 0.2) is 269 Å². The topological polar surface area (TPSA) is 172 Å². The van der Waals surface area contributed by atoms with E-state index in [1.165, 1.54) is 36.4 Å². The Kier molecular flexibility index (Phi) is 21.3. The van der Waals surface area contributed by atoms with Gasteiger partial charge in [0.05, 0.1) is 14.7 Å². The minimum Gasteiger partial charge on any atom is -0.744 e. The van der Waals surface area contributed by atoms with Crippen LogP contribution in [-0.4, -0.2) is 38.9 Å². The van der Waals surface area contributed by atoms with E-state index in [0.29, 0.717) is 0 Å². The van der Waals surface area contributed by atoms with Gasteiger partial charge in [0.1, 0.15) is 30.4 Å². The molecule has 0 aromatic heterocycles. The van der Waals surface area contributed by atoms with Gasteiger partial charge in [-0.25, -0.2) is 25.3 Å². The number of hydrogen-bond acceptors (Lipinski definition) is 9. The zero-order chi connectivity index (χ0) is 48.9. The third-order valence-corrected chi connectivity index (χ3v) is 19.9. The number of rotatable bonds is 12. The predicted octanol–water partition coefficient (Wildman–Crippen LogP) is 7.80. The van der Waals surface area contributed by atoms with E-state index in [9.17, 15) is 38.9 Å². The van der Waals surface area contributed by atoms with E-state index in [2.05, 4.69) is 0 Å². The second-order valence-corrected chi connectivity index (χ2v) is 25.7. The van der Waals surface area contributed by atoms with Gasteiger partial charge in [0.15, 0.2) is 0 Å². The second-order valence-electron chi connectivity index (χ2n) is 14.9. The summed E-state index contributed by atoms with van der Waals surface area (Å²) in [4.78, 5) is -0.557. The van der Waals surface area contributed by atoms with Gasteiger partial charge in [0.25, 0.3) is 0 Å². The molecular formula is C54H46ClO9P3RhS3. The molecule has 9 aromatic carbocycles. The summed E-state index contributed by atoms with van der Waals surface area (Å²) in [5.74, 6) is 0. The Morgan fingerprint density at radius 1 is 0.254 bits per heavy atom. The van der Waals surface area contributed by atoms with Crippen molar-refractivity contribution in [3.63, 3.8) is 0 Å². The first-order valence-corrected chi connectivity index (χ1v) is 29.3. The number of hydrogen-bond donors (Lipinski definition) is 0. The van der Waals surface area contributed by atoms with Gasteiger partial charge in [0.2, 0.25) is 0 Å².